The lowest BCUT2D eigenvalue weighted by Crippen LogP contribution is -2.40. The second-order valence-electron chi connectivity index (χ2n) is 6.85. The average molecular weight is 503 g/mol. The minimum absolute atomic E-state index is 0. The Morgan fingerprint density at radius 1 is 1.25 bits per heavy atom. The first-order chi connectivity index (χ1) is 13.1. The summed E-state index contributed by atoms with van der Waals surface area (Å²) in [6.45, 7) is 8.46. The molecule has 1 fully saturated rings. The topological polar surface area (TPSA) is 63.2 Å². The number of nitrogens with zero attached hydrogens (tertiary/aromatic N) is 2. The van der Waals surface area contributed by atoms with Crippen LogP contribution >= 0.6 is 24.0 Å². The van der Waals surface area contributed by atoms with Gasteiger partial charge in [0.25, 0.3) is 0 Å². The molecular formula is C21H34IN3O3. The first-order valence-corrected chi connectivity index (χ1v) is 9.97. The first-order valence-electron chi connectivity index (χ1n) is 9.97. The Bertz CT molecular complexity index is 601. The molecule has 0 aliphatic carbocycles. The largest absolute Gasteiger partial charge is 0.462 e. The molecule has 0 radical (unpaired) electrons. The van der Waals surface area contributed by atoms with Crippen LogP contribution in [-0.2, 0) is 16.0 Å². The highest BCUT2D eigenvalue weighted by atomic mass is 127. The molecule has 28 heavy (non-hydrogen) atoms. The highest BCUT2D eigenvalue weighted by Gasteiger charge is 2.15. The summed E-state index contributed by atoms with van der Waals surface area (Å²) in [5.41, 5.74) is 1.64. The van der Waals surface area contributed by atoms with Crippen molar-refractivity contribution in [2.75, 3.05) is 40.0 Å². The third-order valence-electron chi connectivity index (χ3n) is 4.79. The number of carbonyl (C=O) groups excluding carboxylic acids is 1. The summed E-state index contributed by atoms with van der Waals surface area (Å²) in [6.07, 6.45) is 3.49. The molecule has 158 valence electrons. The Morgan fingerprint density at radius 3 is 2.54 bits per heavy atom. The number of halogens is 1. The zero-order valence-electron chi connectivity index (χ0n) is 17.3. The molecule has 1 aliphatic rings. The standard InChI is InChI=1S/C21H33N3O3.HI/c1-4-22-21(24(3)13-10-17-11-14-26-15-12-17)23-16-18-6-8-19(9-7-18)20(25)27-5-2;/h6-9,17H,4-5,10-16H2,1-3H3,(H,22,23);1H. The molecule has 0 saturated carbocycles. The SMILES string of the molecule is CCNC(=NCc1ccc(C(=O)OCC)cc1)N(C)CCC1CCOCC1.I. The number of esters is 1. The van der Waals surface area contributed by atoms with E-state index in [0.717, 1.165) is 56.6 Å². The number of hydrogen-bond acceptors (Lipinski definition) is 4. The summed E-state index contributed by atoms with van der Waals surface area (Å²) in [5.74, 6) is 1.38. The van der Waals surface area contributed by atoms with Crippen molar-refractivity contribution in [2.45, 2.75) is 39.7 Å². The number of aliphatic imine (C=N–C) groups is 1. The van der Waals surface area contributed by atoms with Gasteiger partial charge in [-0.15, -0.1) is 24.0 Å². The molecule has 1 aromatic rings. The smallest absolute Gasteiger partial charge is 0.338 e. The van der Waals surface area contributed by atoms with Crippen molar-refractivity contribution < 1.29 is 14.3 Å². The van der Waals surface area contributed by atoms with Crippen LogP contribution in [0.3, 0.4) is 0 Å². The molecule has 1 saturated heterocycles. The van der Waals surface area contributed by atoms with Crippen LogP contribution in [0.15, 0.2) is 29.3 Å². The number of rotatable bonds is 8. The fourth-order valence-corrected chi connectivity index (χ4v) is 3.11. The molecular weight excluding hydrogens is 469 g/mol. The molecule has 1 heterocycles. The highest BCUT2D eigenvalue weighted by Crippen LogP contribution is 2.18. The molecule has 2 rings (SSSR count). The number of carbonyl (C=O) groups is 1. The predicted octanol–water partition coefficient (Wildman–Crippen LogP) is 3.70. The zero-order chi connectivity index (χ0) is 19.5. The van der Waals surface area contributed by atoms with E-state index in [4.69, 9.17) is 14.5 Å². The van der Waals surface area contributed by atoms with Crippen molar-refractivity contribution in [1.29, 1.82) is 0 Å². The van der Waals surface area contributed by atoms with Gasteiger partial charge < -0.3 is 19.7 Å². The van der Waals surface area contributed by atoms with Gasteiger partial charge in [0, 0.05) is 33.4 Å². The van der Waals surface area contributed by atoms with Gasteiger partial charge in [0.2, 0.25) is 0 Å². The van der Waals surface area contributed by atoms with E-state index >= 15 is 0 Å². The maximum atomic E-state index is 11.7. The molecule has 1 N–H and O–H groups in total. The van der Waals surface area contributed by atoms with Crippen LogP contribution in [0.1, 0.15) is 49.0 Å². The maximum Gasteiger partial charge on any atom is 0.338 e. The monoisotopic (exact) mass is 503 g/mol. The summed E-state index contributed by atoms with van der Waals surface area (Å²) in [4.78, 5) is 18.7. The predicted molar refractivity (Wildman–Crippen MR) is 123 cm³/mol. The highest BCUT2D eigenvalue weighted by molar-refractivity contribution is 14.0. The van der Waals surface area contributed by atoms with E-state index in [9.17, 15) is 4.79 Å². The number of hydrogen-bond donors (Lipinski definition) is 1. The lowest BCUT2D eigenvalue weighted by atomic mass is 9.96. The maximum absolute atomic E-state index is 11.7. The van der Waals surface area contributed by atoms with Crippen LogP contribution in [0, 0.1) is 5.92 Å². The van der Waals surface area contributed by atoms with Crippen LogP contribution in [0.2, 0.25) is 0 Å². The molecule has 1 aliphatic heterocycles. The lowest BCUT2D eigenvalue weighted by Gasteiger charge is -2.26. The third kappa shape index (κ3) is 8.34. The zero-order valence-corrected chi connectivity index (χ0v) is 19.6. The Hall–Kier alpha value is -1.35. The van der Waals surface area contributed by atoms with Crippen LogP contribution < -0.4 is 5.32 Å². The van der Waals surface area contributed by atoms with E-state index < -0.39 is 0 Å². The van der Waals surface area contributed by atoms with Gasteiger partial charge in [0.05, 0.1) is 18.7 Å². The fourth-order valence-electron chi connectivity index (χ4n) is 3.11. The van der Waals surface area contributed by atoms with Crippen LogP contribution in [0.5, 0.6) is 0 Å². The molecule has 0 amide bonds. The number of nitrogens with one attached hydrogen (secondary N) is 1. The molecule has 0 aromatic heterocycles. The van der Waals surface area contributed by atoms with Crippen LogP contribution in [0.25, 0.3) is 0 Å². The number of guanidine groups is 1. The van der Waals surface area contributed by atoms with Crippen molar-refractivity contribution in [3.8, 4) is 0 Å². The summed E-state index contributed by atoms with van der Waals surface area (Å²) >= 11 is 0. The van der Waals surface area contributed by atoms with E-state index in [0.29, 0.717) is 18.7 Å². The number of benzene rings is 1. The number of ether oxygens (including phenoxy) is 2. The summed E-state index contributed by atoms with van der Waals surface area (Å²) in [6, 6.07) is 7.46. The fraction of sp³-hybridized carbons (Fsp3) is 0.619. The molecule has 0 unspecified atom stereocenters. The van der Waals surface area contributed by atoms with Gasteiger partial charge in [0.1, 0.15) is 0 Å². The van der Waals surface area contributed by atoms with Crippen molar-refractivity contribution in [2.24, 2.45) is 10.9 Å². The quantitative estimate of drug-likeness (QED) is 0.254. The minimum atomic E-state index is -0.284. The van der Waals surface area contributed by atoms with Gasteiger partial charge in [-0.3, -0.25) is 0 Å². The van der Waals surface area contributed by atoms with Gasteiger partial charge in [0.15, 0.2) is 5.96 Å². The lowest BCUT2D eigenvalue weighted by molar-refractivity contribution is 0.0526. The Balaban J connectivity index is 0.00000392. The molecule has 1 aromatic carbocycles. The third-order valence-corrected chi connectivity index (χ3v) is 4.79. The van der Waals surface area contributed by atoms with Crippen molar-refractivity contribution >= 4 is 35.9 Å². The Labute approximate surface area is 186 Å². The van der Waals surface area contributed by atoms with Gasteiger partial charge in [-0.2, -0.15) is 0 Å². The summed E-state index contributed by atoms with van der Waals surface area (Å²) in [5, 5.41) is 3.36. The molecule has 7 heteroatoms. The van der Waals surface area contributed by atoms with Gasteiger partial charge in [-0.25, -0.2) is 9.79 Å². The van der Waals surface area contributed by atoms with Crippen molar-refractivity contribution in [3.63, 3.8) is 0 Å². The van der Waals surface area contributed by atoms with Gasteiger partial charge in [-0.1, -0.05) is 12.1 Å². The Morgan fingerprint density at radius 2 is 1.93 bits per heavy atom. The molecule has 0 atom stereocenters. The van der Waals surface area contributed by atoms with Gasteiger partial charge in [-0.05, 0) is 56.7 Å². The van der Waals surface area contributed by atoms with Crippen LogP contribution in [-0.4, -0.2) is 56.8 Å². The molecule has 0 bridgehead atoms. The molecule has 6 nitrogen and oxygen atoms in total. The average Bonchev–Trinajstić information content (AvgIpc) is 2.70. The molecule has 0 spiro atoms. The minimum Gasteiger partial charge on any atom is -0.462 e. The van der Waals surface area contributed by atoms with E-state index in [2.05, 4.69) is 24.2 Å². The van der Waals surface area contributed by atoms with E-state index in [-0.39, 0.29) is 29.9 Å². The summed E-state index contributed by atoms with van der Waals surface area (Å²) in [7, 11) is 2.09. The second kappa shape index (κ2) is 13.8. The van der Waals surface area contributed by atoms with Crippen molar-refractivity contribution in [1.82, 2.24) is 10.2 Å². The normalized spacial score (nSPS) is 14.9. The van der Waals surface area contributed by atoms with Crippen molar-refractivity contribution in [3.05, 3.63) is 35.4 Å². The van der Waals surface area contributed by atoms with Gasteiger partial charge >= 0.3 is 5.97 Å². The second-order valence-corrected chi connectivity index (χ2v) is 6.85. The van der Waals surface area contributed by atoms with E-state index in [1.54, 1.807) is 12.1 Å². The first kappa shape index (κ1) is 24.7. The van der Waals surface area contributed by atoms with E-state index in [1.807, 2.05) is 19.1 Å². The van der Waals surface area contributed by atoms with E-state index in [1.165, 1.54) is 6.42 Å². The Kier molecular flexibility index (Phi) is 12.1. The van der Waals surface area contributed by atoms with Crippen LogP contribution in [0.4, 0.5) is 0 Å². The summed E-state index contributed by atoms with van der Waals surface area (Å²) < 4.78 is 10.5.